The van der Waals surface area contributed by atoms with Crippen LogP contribution < -0.4 is 0 Å². The molecule has 1 aliphatic carbocycles. The molecule has 1 aliphatic rings. The lowest BCUT2D eigenvalue weighted by Gasteiger charge is -2.12. The van der Waals surface area contributed by atoms with Crippen molar-refractivity contribution >= 4 is 22.5 Å². The quantitative estimate of drug-likeness (QED) is 0.690. The molecule has 0 bridgehead atoms. The van der Waals surface area contributed by atoms with Gasteiger partial charge >= 0.3 is 0 Å². The first-order valence-corrected chi connectivity index (χ1v) is 6.71. The Balaban J connectivity index is 2.41. The van der Waals surface area contributed by atoms with Gasteiger partial charge < -0.3 is 0 Å². The summed E-state index contributed by atoms with van der Waals surface area (Å²) in [4.78, 5) is 4.81. The van der Waals surface area contributed by atoms with Crippen molar-refractivity contribution in [1.82, 2.24) is 4.98 Å². The smallest absolute Gasteiger partial charge is 0.0711 e. The molecule has 0 aliphatic heterocycles. The van der Waals surface area contributed by atoms with Crippen LogP contribution in [-0.2, 0) is 18.7 Å². The summed E-state index contributed by atoms with van der Waals surface area (Å²) in [7, 11) is 0. The van der Waals surface area contributed by atoms with Gasteiger partial charge in [0, 0.05) is 17.0 Å². The van der Waals surface area contributed by atoms with Crippen LogP contribution >= 0.6 is 11.6 Å². The molecule has 0 spiro atoms. The number of fused-ring (bicyclic) bond motifs is 2. The van der Waals surface area contributed by atoms with Crippen molar-refractivity contribution in [3.05, 3.63) is 40.1 Å². The number of rotatable bonds is 1. The van der Waals surface area contributed by atoms with Crippen LogP contribution in [0, 0.1) is 13.8 Å². The molecular formula is C15H16ClN. The minimum absolute atomic E-state index is 0.601. The second kappa shape index (κ2) is 3.99. The summed E-state index contributed by atoms with van der Waals surface area (Å²) >= 11 is 6.15. The number of benzene rings is 1. The summed E-state index contributed by atoms with van der Waals surface area (Å²) in [5.74, 6) is 0.601. The molecular weight excluding hydrogens is 230 g/mol. The van der Waals surface area contributed by atoms with E-state index < -0.39 is 0 Å². The van der Waals surface area contributed by atoms with E-state index >= 15 is 0 Å². The van der Waals surface area contributed by atoms with E-state index in [9.17, 15) is 0 Å². The summed E-state index contributed by atoms with van der Waals surface area (Å²) in [6.07, 6.45) is 3.48. The highest BCUT2D eigenvalue weighted by Crippen LogP contribution is 2.32. The van der Waals surface area contributed by atoms with Crippen molar-refractivity contribution in [2.45, 2.75) is 39.0 Å². The van der Waals surface area contributed by atoms with Crippen LogP contribution in [0.3, 0.4) is 0 Å². The fourth-order valence-corrected chi connectivity index (χ4v) is 3.08. The summed E-state index contributed by atoms with van der Waals surface area (Å²) in [6.45, 7) is 4.30. The number of halogens is 1. The molecule has 3 rings (SSSR count). The van der Waals surface area contributed by atoms with E-state index in [2.05, 4.69) is 26.0 Å². The Hall–Kier alpha value is -1.08. The number of nitrogens with zero attached hydrogens (tertiary/aromatic N) is 1. The summed E-state index contributed by atoms with van der Waals surface area (Å²) < 4.78 is 0. The lowest BCUT2D eigenvalue weighted by atomic mass is 9.99. The van der Waals surface area contributed by atoms with Gasteiger partial charge in [-0.05, 0) is 67.5 Å². The number of aromatic nitrogens is 1. The molecule has 0 atom stereocenters. The molecule has 1 heterocycles. The van der Waals surface area contributed by atoms with Gasteiger partial charge in [-0.1, -0.05) is 0 Å². The molecule has 1 aromatic heterocycles. The first kappa shape index (κ1) is 11.0. The van der Waals surface area contributed by atoms with Crippen LogP contribution in [0.1, 0.15) is 34.4 Å². The summed E-state index contributed by atoms with van der Waals surface area (Å²) in [6, 6.07) is 4.44. The minimum Gasteiger partial charge on any atom is -0.253 e. The van der Waals surface area contributed by atoms with Gasteiger partial charge in [-0.25, -0.2) is 0 Å². The molecule has 2 heteroatoms. The molecule has 1 aromatic carbocycles. The summed E-state index contributed by atoms with van der Waals surface area (Å²) in [5.41, 5.74) is 7.75. The van der Waals surface area contributed by atoms with Gasteiger partial charge in [0.05, 0.1) is 5.52 Å². The maximum absolute atomic E-state index is 6.15. The van der Waals surface area contributed by atoms with Gasteiger partial charge in [0.15, 0.2) is 0 Å². The van der Waals surface area contributed by atoms with Crippen LogP contribution in [0.2, 0.25) is 0 Å². The van der Waals surface area contributed by atoms with Crippen molar-refractivity contribution in [1.29, 1.82) is 0 Å². The Morgan fingerprint density at radius 2 is 1.94 bits per heavy atom. The van der Waals surface area contributed by atoms with Crippen LogP contribution in [-0.4, -0.2) is 4.98 Å². The van der Waals surface area contributed by atoms with Crippen molar-refractivity contribution in [3.8, 4) is 0 Å². The largest absolute Gasteiger partial charge is 0.253 e. The Morgan fingerprint density at radius 3 is 2.71 bits per heavy atom. The van der Waals surface area contributed by atoms with Crippen molar-refractivity contribution in [3.63, 3.8) is 0 Å². The normalized spacial score (nSPS) is 14.3. The van der Waals surface area contributed by atoms with Crippen LogP contribution in [0.4, 0.5) is 0 Å². The maximum Gasteiger partial charge on any atom is 0.0711 e. The van der Waals surface area contributed by atoms with E-state index in [4.69, 9.17) is 16.6 Å². The first-order valence-electron chi connectivity index (χ1n) is 6.18. The molecule has 0 amide bonds. The zero-order chi connectivity index (χ0) is 12.0. The highest BCUT2D eigenvalue weighted by atomic mass is 35.5. The van der Waals surface area contributed by atoms with Crippen molar-refractivity contribution in [2.75, 3.05) is 0 Å². The van der Waals surface area contributed by atoms with Crippen LogP contribution in [0.15, 0.2) is 12.1 Å². The minimum atomic E-state index is 0.601. The highest BCUT2D eigenvalue weighted by molar-refractivity contribution is 6.18. The molecule has 17 heavy (non-hydrogen) atoms. The zero-order valence-corrected chi connectivity index (χ0v) is 11.1. The van der Waals surface area contributed by atoms with Crippen LogP contribution in [0.25, 0.3) is 10.9 Å². The van der Waals surface area contributed by atoms with Gasteiger partial charge in [-0.3, -0.25) is 4.98 Å². The Kier molecular flexibility index (Phi) is 2.59. The van der Waals surface area contributed by atoms with Gasteiger partial charge in [0.1, 0.15) is 0 Å². The average molecular weight is 246 g/mol. The third-order valence-corrected chi connectivity index (χ3v) is 4.15. The van der Waals surface area contributed by atoms with E-state index in [1.807, 2.05) is 0 Å². The molecule has 0 unspecified atom stereocenters. The standard InChI is InChI=1S/C15H16ClN/c1-9-6-12-13(8-16)11-4-3-5-14(11)17-15(12)7-10(9)2/h6-7H,3-5,8H2,1-2H3. The number of hydrogen-bond acceptors (Lipinski definition) is 1. The number of pyridine rings is 1. The topological polar surface area (TPSA) is 12.9 Å². The van der Waals surface area contributed by atoms with E-state index in [0.717, 1.165) is 18.4 Å². The average Bonchev–Trinajstić information content (AvgIpc) is 2.75. The Labute approximate surface area is 107 Å². The second-order valence-electron chi connectivity index (χ2n) is 4.96. The van der Waals surface area contributed by atoms with E-state index in [0.29, 0.717) is 5.88 Å². The SMILES string of the molecule is Cc1cc2nc3c(c(CCl)c2cc1C)CCC3. The predicted molar refractivity (Wildman–Crippen MR) is 72.8 cm³/mol. The number of hydrogen-bond donors (Lipinski definition) is 0. The molecule has 1 nitrogen and oxygen atoms in total. The molecule has 2 aromatic rings. The van der Waals surface area contributed by atoms with Crippen molar-refractivity contribution < 1.29 is 0 Å². The Bertz CT molecular complexity index is 602. The van der Waals surface area contributed by atoms with Gasteiger partial charge in [0.25, 0.3) is 0 Å². The lowest BCUT2D eigenvalue weighted by Crippen LogP contribution is -1.98. The number of alkyl halides is 1. The van der Waals surface area contributed by atoms with Gasteiger partial charge in [0.2, 0.25) is 0 Å². The molecule has 0 saturated carbocycles. The van der Waals surface area contributed by atoms with Crippen molar-refractivity contribution in [2.24, 2.45) is 0 Å². The maximum atomic E-state index is 6.15. The molecule has 0 fully saturated rings. The predicted octanol–water partition coefficient (Wildman–Crippen LogP) is 4.08. The van der Waals surface area contributed by atoms with E-state index in [-0.39, 0.29) is 0 Å². The fraction of sp³-hybridized carbons (Fsp3) is 0.400. The molecule has 0 radical (unpaired) electrons. The third-order valence-electron chi connectivity index (χ3n) is 3.88. The third kappa shape index (κ3) is 1.64. The first-order chi connectivity index (χ1) is 8.20. The highest BCUT2D eigenvalue weighted by Gasteiger charge is 2.19. The van der Waals surface area contributed by atoms with Gasteiger partial charge in [-0.2, -0.15) is 0 Å². The van der Waals surface area contributed by atoms with Crippen LogP contribution in [0.5, 0.6) is 0 Å². The molecule has 88 valence electrons. The summed E-state index contributed by atoms with van der Waals surface area (Å²) in [5, 5.41) is 1.25. The zero-order valence-electron chi connectivity index (χ0n) is 10.3. The lowest BCUT2D eigenvalue weighted by molar-refractivity contribution is 0.899. The molecule has 0 saturated heterocycles. The fourth-order valence-electron chi connectivity index (χ4n) is 2.77. The van der Waals surface area contributed by atoms with Gasteiger partial charge in [-0.15, -0.1) is 11.6 Å². The van der Waals surface area contributed by atoms with E-state index in [1.165, 1.54) is 39.8 Å². The second-order valence-corrected chi connectivity index (χ2v) is 5.22. The monoisotopic (exact) mass is 245 g/mol. The number of aryl methyl sites for hydroxylation is 3. The van der Waals surface area contributed by atoms with E-state index in [1.54, 1.807) is 0 Å². The molecule has 0 N–H and O–H groups in total. The Morgan fingerprint density at radius 1 is 1.18 bits per heavy atom.